The first kappa shape index (κ1) is 16.4. The van der Waals surface area contributed by atoms with Crippen molar-refractivity contribution in [1.82, 2.24) is 10.2 Å². The number of hydrogen-bond acceptors (Lipinski definition) is 4. The molecule has 1 aliphatic rings. The Morgan fingerprint density at radius 3 is 2.68 bits per heavy atom. The van der Waals surface area contributed by atoms with Crippen LogP contribution in [-0.2, 0) is 14.3 Å². The van der Waals surface area contributed by atoms with E-state index in [0.29, 0.717) is 25.7 Å². The van der Waals surface area contributed by atoms with Crippen LogP contribution in [0.2, 0.25) is 0 Å². The Morgan fingerprint density at radius 2 is 2.05 bits per heavy atom. The van der Waals surface area contributed by atoms with Crippen LogP contribution in [0.5, 0.6) is 0 Å². The van der Waals surface area contributed by atoms with Crippen molar-refractivity contribution in [3.05, 3.63) is 0 Å². The molecule has 1 rings (SSSR count). The SMILES string of the molecule is COCCOCCCN1C(=O)C(C)NC1CC(C)C. The Morgan fingerprint density at radius 1 is 1.32 bits per heavy atom. The van der Waals surface area contributed by atoms with Gasteiger partial charge in [-0.25, -0.2) is 0 Å². The van der Waals surface area contributed by atoms with Gasteiger partial charge in [0, 0.05) is 20.3 Å². The largest absolute Gasteiger partial charge is 0.382 e. The van der Waals surface area contributed by atoms with Gasteiger partial charge in [0.1, 0.15) is 0 Å². The van der Waals surface area contributed by atoms with E-state index in [1.165, 1.54) is 0 Å². The maximum Gasteiger partial charge on any atom is 0.240 e. The second-order valence-electron chi connectivity index (χ2n) is 5.52. The van der Waals surface area contributed by atoms with Gasteiger partial charge in [-0.1, -0.05) is 13.8 Å². The van der Waals surface area contributed by atoms with Crippen LogP contribution in [0, 0.1) is 5.92 Å². The molecule has 19 heavy (non-hydrogen) atoms. The van der Waals surface area contributed by atoms with Crippen LogP contribution in [-0.4, -0.2) is 56.5 Å². The molecule has 1 amide bonds. The van der Waals surface area contributed by atoms with E-state index in [1.807, 2.05) is 11.8 Å². The minimum Gasteiger partial charge on any atom is -0.382 e. The Kier molecular flexibility index (Phi) is 7.34. The zero-order chi connectivity index (χ0) is 14.3. The smallest absolute Gasteiger partial charge is 0.240 e. The molecule has 0 aliphatic carbocycles. The predicted octanol–water partition coefficient (Wildman–Crippen LogP) is 1.23. The number of ether oxygens (including phenoxy) is 2. The number of amides is 1. The molecule has 1 heterocycles. The van der Waals surface area contributed by atoms with Gasteiger partial charge in [-0.05, 0) is 25.7 Å². The summed E-state index contributed by atoms with van der Waals surface area (Å²) in [6.07, 6.45) is 2.06. The van der Waals surface area contributed by atoms with E-state index in [9.17, 15) is 4.79 Å². The first-order chi connectivity index (χ1) is 9.06. The highest BCUT2D eigenvalue weighted by Gasteiger charge is 2.35. The highest BCUT2D eigenvalue weighted by molar-refractivity contribution is 5.83. The molecule has 0 bridgehead atoms. The van der Waals surface area contributed by atoms with Gasteiger partial charge in [0.15, 0.2) is 0 Å². The summed E-state index contributed by atoms with van der Waals surface area (Å²) < 4.78 is 10.3. The molecule has 0 aromatic heterocycles. The monoisotopic (exact) mass is 272 g/mol. The summed E-state index contributed by atoms with van der Waals surface area (Å²) in [6, 6.07) is -0.0573. The third-order valence-corrected chi connectivity index (χ3v) is 3.29. The highest BCUT2D eigenvalue weighted by atomic mass is 16.5. The average Bonchev–Trinajstić information content (AvgIpc) is 2.60. The minimum absolute atomic E-state index is 0.0573. The molecular formula is C14H28N2O3. The maximum atomic E-state index is 12.1. The third kappa shape index (κ3) is 5.47. The fourth-order valence-electron chi connectivity index (χ4n) is 2.34. The van der Waals surface area contributed by atoms with E-state index >= 15 is 0 Å². The standard InChI is InChI=1S/C14H28N2O3/c1-11(2)10-13-15-12(3)14(17)16(13)6-5-7-19-9-8-18-4/h11-13,15H,5-10H2,1-4H3. The van der Waals surface area contributed by atoms with Gasteiger partial charge in [-0.2, -0.15) is 0 Å². The van der Waals surface area contributed by atoms with E-state index in [4.69, 9.17) is 9.47 Å². The lowest BCUT2D eigenvalue weighted by Crippen LogP contribution is -2.39. The van der Waals surface area contributed by atoms with E-state index < -0.39 is 0 Å². The average molecular weight is 272 g/mol. The molecule has 0 radical (unpaired) electrons. The number of carbonyl (C=O) groups excluding carboxylic acids is 1. The Hall–Kier alpha value is -0.650. The zero-order valence-electron chi connectivity index (χ0n) is 12.6. The van der Waals surface area contributed by atoms with Crippen molar-refractivity contribution in [2.24, 2.45) is 5.92 Å². The summed E-state index contributed by atoms with van der Waals surface area (Å²) in [5, 5.41) is 3.36. The van der Waals surface area contributed by atoms with Gasteiger partial charge in [0.25, 0.3) is 0 Å². The second-order valence-corrected chi connectivity index (χ2v) is 5.52. The molecule has 112 valence electrons. The lowest BCUT2D eigenvalue weighted by atomic mass is 10.1. The van der Waals surface area contributed by atoms with Gasteiger partial charge >= 0.3 is 0 Å². The van der Waals surface area contributed by atoms with Crippen LogP contribution in [0.4, 0.5) is 0 Å². The molecule has 2 unspecified atom stereocenters. The van der Waals surface area contributed by atoms with Crippen LogP contribution in [0.1, 0.15) is 33.6 Å². The van der Waals surface area contributed by atoms with Crippen molar-refractivity contribution in [3.63, 3.8) is 0 Å². The molecule has 0 spiro atoms. The molecular weight excluding hydrogens is 244 g/mol. The molecule has 1 saturated heterocycles. The normalized spacial score (nSPS) is 23.6. The van der Waals surface area contributed by atoms with Gasteiger partial charge in [-0.15, -0.1) is 0 Å². The summed E-state index contributed by atoms with van der Waals surface area (Å²) in [4.78, 5) is 14.0. The van der Waals surface area contributed by atoms with Crippen molar-refractivity contribution in [2.75, 3.05) is 33.5 Å². The topological polar surface area (TPSA) is 50.8 Å². The Balaban J connectivity index is 2.29. The summed E-state index contributed by atoms with van der Waals surface area (Å²) in [5.41, 5.74) is 0. The molecule has 0 saturated carbocycles. The van der Waals surface area contributed by atoms with Crippen LogP contribution < -0.4 is 5.32 Å². The first-order valence-corrected chi connectivity index (χ1v) is 7.19. The summed E-state index contributed by atoms with van der Waals surface area (Å²) in [6.45, 7) is 8.98. The molecule has 2 atom stereocenters. The number of rotatable bonds is 9. The van der Waals surface area contributed by atoms with Crippen LogP contribution >= 0.6 is 0 Å². The van der Waals surface area contributed by atoms with E-state index in [0.717, 1.165) is 19.4 Å². The quantitative estimate of drug-likeness (QED) is 0.642. The van der Waals surface area contributed by atoms with Crippen LogP contribution in [0.3, 0.4) is 0 Å². The van der Waals surface area contributed by atoms with Crippen molar-refractivity contribution < 1.29 is 14.3 Å². The second kappa shape index (κ2) is 8.51. The van der Waals surface area contributed by atoms with E-state index in [-0.39, 0.29) is 18.1 Å². The molecule has 5 heteroatoms. The lowest BCUT2D eigenvalue weighted by molar-refractivity contribution is -0.130. The molecule has 1 N–H and O–H groups in total. The first-order valence-electron chi connectivity index (χ1n) is 7.19. The predicted molar refractivity (Wildman–Crippen MR) is 74.9 cm³/mol. The third-order valence-electron chi connectivity index (χ3n) is 3.29. The summed E-state index contributed by atoms with van der Waals surface area (Å²) >= 11 is 0. The van der Waals surface area contributed by atoms with Crippen LogP contribution in [0.25, 0.3) is 0 Å². The fourth-order valence-corrected chi connectivity index (χ4v) is 2.34. The number of methoxy groups -OCH3 is 1. The molecule has 1 fully saturated rings. The fraction of sp³-hybridized carbons (Fsp3) is 0.929. The molecule has 0 aromatic rings. The van der Waals surface area contributed by atoms with Crippen molar-refractivity contribution in [1.29, 1.82) is 0 Å². The van der Waals surface area contributed by atoms with Crippen molar-refractivity contribution in [2.45, 2.75) is 45.8 Å². The number of carbonyl (C=O) groups is 1. The minimum atomic E-state index is -0.0573. The van der Waals surface area contributed by atoms with Gasteiger partial charge < -0.3 is 14.4 Å². The summed E-state index contributed by atoms with van der Waals surface area (Å²) in [7, 11) is 1.66. The molecule has 1 aliphatic heterocycles. The van der Waals surface area contributed by atoms with Gasteiger partial charge in [0.05, 0.1) is 25.4 Å². The van der Waals surface area contributed by atoms with E-state index in [2.05, 4.69) is 19.2 Å². The number of nitrogens with one attached hydrogen (secondary N) is 1. The maximum absolute atomic E-state index is 12.1. The number of nitrogens with zero attached hydrogens (tertiary/aromatic N) is 1. The number of hydrogen-bond donors (Lipinski definition) is 1. The molecule has 5 nitrogen and oxygen atoms in total. The van der Waals surface area contributed by atoms with Crippen molar-refractivity contribution in [3.8, 4) is 0 Å². The van der Waals surface area contributed by atoms with Crippen molar-refractivity contribution >= 4 is 5.91 Å². The van der Waals surface area contributed by atoms with Crippen LogP contribution in [0.15, 0.2) is 0 Å². The van der Waals surface area contributed by atoms with Gasteiger partial charge in [0.2, 0.25) is 5.91 Å². The Labute approximate surface area is 116 Å². The summed E-state index contributed by atoms with van der Waals surface area (Å²) in [5.74, 6) is 0.790. The Bertz CT molecular complexity index is 271. The highest BCUT2D eigenvalue weighted by Crippen LogP contribution is 2.17. The molecule has 0 aromatic carbocycles. The zero-order valence-corrected chi connectivity index (χ0v) is 12.6. The van der Waals surface area contributed by atoms with Gasteiger partial charge in [-0.3, -0.25) is 10.1 Å². The van der Waals surface area contributed by atoms with E-state index in [1.54, 1.807) is 7.11 Å². The lowest BCUT2D eigenvalue weighted by Gasteiger charge is -2.25.